The Morgan fingerprint density at radius 2 is 1.79 bits per heavy atom. The fraction of sp³-hybridized carbons (Fsp3) is 0.652. The summed E-state index contributed by atoms with van der Waals surface area (Å²) in [5.74, 6) is 0.570. The van der Waals surface area contributed by atoms with E-state index in [-0.39, 0.29) is 30.4 Å². The smallest absolute Gasteiger partial charge is 0.263 e. The molecule has 160 valence electrons. The van der Waals surface area contributed by atoms with Crippen molar-refractivity contribution in [2.75, 3.05) is 18.0 Å². The lowest BCUT2D eigenvalue weighted by Gasteiger charge is -2.36. The second-order valence-corrected chi connectivity index (χ2v) is 8.23. The average molecular weight is 402 g/mol. The molecule has 1 heterocycles. The standard InChI is InChI=1S/C23H35N3O3/c1-3-17(4-2)25-23(28)21-15-26(19-13-9-10-14-20(19)29-21)16-22(27)24-18-11-7-5-6-8-12-18/h9-10,13-14,17-18,21H,3-8,11-12,15-16H2,1-2H3,(H,24,27)(H,25,28). The Bertz CT molecular complexity index is 682. The van der Waals surface area contributed by atoms with Gasteiger partial charge in [-0.25, -0.2) is 0 Å². The molecule has 0 aromatic heterocycles. The molecular formula is C23H35N3O3. The van der Waals surface area contributed by atoms with Crippen LogP contribution in [0, 0.1) is 0 Å². The molecule has 1 aliphatic carbocycles. The number of amides is 2. The van der Waals surface area contributed by atoms with Gasteiger partial charge in [-0.3, -0.25) is 9.59 Å². The first-order valence-electron chi connectivity index (χ1n) is 11.2. The van der Waals surface area contributed by atoms with Gasteiger partial charge in [0.1, 0.15) is 5.75 Å². The van der Waals surface area contributed by atoms with E-state index in [1.54, 1.807) is 0 Å². The highest BCUT2D eigenvalue weighted by molar-refractivity contribution is 5.86. The number of nitrogens with zero attached hydrogens (tertiary/aromatic N) is 1. The molecule has 6 heteroatoms. The normalized spacial score (nSPS) is 19.8. The van der Waals surface area contributed by atoms with Gasteiger partial charge in [-0.05, 0) is 37.8 Å². The summed E-state index contributed by atoms with van der Waals surface area (Å²) in [5, 5.41) is 6.28. The van der Waals surface area contributed by atoms with Gasteiger partial charge in [0.15, 0.2) is 6.10 Å². The molecule has 0 radical (unpaired) electrons. The number of benzene rings is 1. The van der Waals surface area contributed by atoms with Gasteiger partial charge in [0, 0.05) is 12.1 Å². The number of rotatable bonds is 7. The second kappa shape index (κ2) is 10.5. The summed E-state index contributed by atoms with van der Waals surface area (Å²) >= 11 is 0. The lowest BCUT2D eigenvalue weighted by molar-refractivity contribution is -0.129. The predicted octanol–water partition coefficient (Wildman–Crippen LogP) is 3.40. The van der Waals surface area contributed by atoms with Crippen LogP contribution in [-0.2, 0) is 9.59 Å². The molecule has 1 unspecified atom stereocenters. The minimum Gasteiger partial charge on any atom is -0.477 e. The largest absolute Gasteiger partial charge is 0.477 e. The van der Waals surface area contributed by atoms with E-state index in [1.807, 2.05) is 29.2 Å². The Balaban J connectivity index is 1.66. The summed E-state index contributed by atoms with van der Waals surface area (Å²) in [6.45, 7) is 4.75. The Morgan fingerprint density at radius 1 is 1.10 bits per heavy atom. The topological polar surface area (TPSA) is 70.7 Å². The van der Waals surface area contributed by atoms with Gasteiger partial charge in [0.2, 0.25) is 5.91 Å². The van der Waals surface area contributed by atoms with E-state index in [0.29, 0.717) is 12.3 Å². The maximum absolute atomic E-state index is 12.8. The van der Waals surface area contributed by atoms with Crippen molar-refractivity contribution in [3.05, 3.63) is 24.3 Å². The molecule has 0 saturated heterocycles. The molecule has 2 amide bonds. The zero-order valence-corrected chi connectivity index (χ0v) is 17.8. The fourth-order valence-electron chi connectivity index (χ4n) is 4.25. The number of anilines is 1. The summed E-state index contributed by atoms with van der Waals surface area (Å²) in [7, 11) is 0. The van der Waals surface area contributed by atoms with E-state index >= 15 is 0 Å². The number of carbonyl (C=O) groups is 2. The zero-order valence-electron chi connectivity index (χ0n) is 17.8. The summed E-state index contributed by atoms with van der Waals surface area (Å²) in [6, 6.07) is 8.06. The van der Waals surface area contributed by atoms with Crippen LogP contribution in [0.2, 0.25) is 0 Å². The monoisotopic (exact) mass is 401 g/mol. The van der Waals surface area contributed by atoms with Gasteiger partial charge in [0.25, 0.3) is 5.91 Å². The van der Waals surface area contributed by atoms with Crippen LogP contribution in [0.25, 0.3) is 0 Å². The fourth-order valence-corrected chi connectivity index (χ4v) is 4.25. The lowest BCUT2D eigenvalue weighted by Crippen LogP contribution is -2.53. The maximum Gasteiger partial charge on any atom is 0.263 e. The third kappa shape index (κ3) is 5.87. The number of fused-ring (bicyclic) bond motifs is 1. The van der Waals surface area contributed by atoms with Crippen molar-refractivity contribution in [3.63, 3.8) is 0 Å². The van der Waals surface area contributed by atoms with E-state index in [0.717, 1.165) is 31.4 Å². The van der Waals surface area contributed by atoms with Gasteiger partial charge in [-0.2, -0.15) is 0 Å². The Labute approximate surface area is 174 Å². The molecule has 3 rings (SSSR count). The van der Waals surface area contributed by atoms with Crippen LogP contribution in [0.1, 0.15) is 65.2 Å². The Hall–Kier alpha value is -2.24. The third-order valence-electron chi connectivity index (χ3n) is 6.04. The minimum absolute atomic E-state index is 0.0211. The van der Waals surface area contributed by atoms with Crippen LogP contribution in [-0.4, -0.2) is 43.1 Å². The highest BCUT2D eigenvalue weighted by Crippen LogP contribution is 2.33. The number of carbonyl (C=O) groups excluding carboxylic acids is 2. The summed E-state index contributed by atoms with van der Waals surface area (Å²) in [6.07, 6.45) is 8.17. The molecule has 1 aromatic rings. The van der Waals surface area contributed by atoms with Crippen LogP contribution in [0.15, 0.2) is 24.3 Å². The number of para-hydroxylation sites is 2. The first-order valence-corrected chi connectivity index (χ1v) is 11.2. The van der Waals surface area contributed by atoms with Gasteiger partial charge < -0.3 is 20.3 Å². The maximum atomic E-state index is 12.8. The van der Waals surface area contributed by atoms with Gasteiger partial charge >= 0.3 is 0 Å². The van der Waals surface area contributed by atoms with Crippen LogP contribution in [0.5, 0.6) is 5.75 Å². The van der Waals surface area contributed by atoms with Crippen molar-refractivity contribution in [2.24, 2.45) is 0 Å². The molecule has 1 aliphatic heterocycles. The van der Waals surface area contributed by atoms with Crippen molar-refractivity contribution in [1.82, 2.24) is 10.6 Å². The van der Waals surface area contributed by atoms with Crippen LogP contribution < -0.4 is 20.3 Å². The molecule has 6 nitrogen and oxygen atoms in total. The van der Waals surface area contributed by atoms with Crippen molar-refractivity contribution in [1.29, 1.82) is 0 Å². The number of hydrogen-bond donors (Lipinski definition) is 2. The predicted molar refractivity (Wildman–Crippen MR) is 115 cm³/mol. The lowest BCUT2D eigenvalue weighted by atomic mass is 10.1. The number of nitrogens with one attached hydrogen (secondary N) is 2. The van der Waals surface area contributed by atoms with Gasteiger partial charge in [0.05, 0.1) is 18.8 Å². The van der Waals surface area contributed by atoms with Crippen molar-refractivity contribution < 1.29 is 14.3 Å². The summed E-state index contributed by atoms with van der Waals surface area (Å²) in [5.41, 5.74) is 0.870. The van der Waals surface area contributed by atoms with Crippen LogP contribution in [0.3, 0.4) is 0 Å². The first-order chi connectivity index (χ1) is 14.1. The molecule has 0 bridgehead atoms. The summed E-state index contributed by atoms with van der Waals surface area (Å²) < 4.78 is 5.98. The summed E-state index contributed by atoms with van der Waals surface area (Å²) in [4.78, 5) is 27.5. The van der Waals surface area contributed by atoms with E-state index in [2.05, 4.69) is 24.5 Å². The quantitative estimate of drug-likeness (QED) is 0.687. The van der Waals surface area contributed by atoms with Crippen LogP contribution in [0.4, 0.5) is 5.69 Å². The Kier molecular flexibility index (Phi) is 7.78. The average Bonchev–Trinajstić information content (AvgIpc) is 3.00. The van der Waals surface area contributed by atoms with E-state index < -0.39 is 6.10 Å². The van der Waals surface area contributed by atoms with Gasteiger partial charge in [-0.15, -0.1) is 0 Å². The molecule has 1 saturated carbocycles. The van der Waals surface area contributed by atoms with Crippen molar-refractivity contribution in [2.45, 2.75) is 83.4 Å². The second-order valence-electron chi connectivity index (χ2n) is 8.23. The number of hydrogen-bond acceptors (Lipinski definition) is 4. The first kappa shape index (κ1) is 21.5. The highest BCUT2D eigenvalue weighted by atomic mass is 16.5. The molecule has 2 N–H and O–H groups in total. The van der Waals surface area contributed by atoms with Gasteiger partial charge in [-0.1, -0.05) is 51.7 Å². The van der Waals surface area contributed by atoms with E-state index in [1.165, 1.54) is 25.7 Å². The molecule has 0 spiro atoms. The molecule has 1 aromatic carbocycles. The van der Waals surface area contributed by atoms with Crippen molar-refractivity contribution in [3.8, 4) is 5.75 Å². The third-order valence-corrected chi connectivity index (χ3v) is 6.04. The molecular weight excluding hydrogens is 366 g/mol. The zero-order chi connectivity index (χ0) is 20.6. The molecule has 1 fully saturated rings. The molecule has 2 aliphatic rings. The SMILES string of the molecule is CCC(CC)NC(=O)C1CN(CC(=O)NC2CCCCCC2)c2ccccc2O1. The minimum atomic E-state index is -0.615. The van der Waals surface area contributed by atoms with E-state index in [9.17, 15) is 9.59 Å². The molecule has 1 atom stereocenters. The van der Waals surface area contributed by atoms with E-state index in [4.69, 9.17) is 4.74 Å². The van der Waals surface area contributed by atoms with Crippen LogP contribution >= 0.6 is 0 Å². The molecule has 29 heavy (non-hydrogen) atoms. The van der Waals surface area contributed by atoms with Crippen molar-refractivity contribution >= 4 is 17.5 Å². The Morgan fingerprint density at radius 3 is 2.48 bits per heavy atom. The number of ether oxygens (including phenoxy) is 1. The highest BCUT2D eigenvalue weighted by Gasteiger charge is 2.32.